The molecule has 1 aliphatic rings. The van der Waals surface area contributed by atoms with Gasteiger partial charge >= 0.3 is 0 Å². The van der Waals surface area contributed by atoms with Gasteiger partial charge in [-0.15, -0.1) is 12.6 Å². The average Bonchev–Trinajstić information content (AvgIpc) is 2.38. The number of nitrogens with zero attached hydrogens (tertiary/aromatic N) is 1. The van der Waals surface area contributed by atoms with Crippen molar-refractivity contribution in [1.29, 1.82) is 0 Å². The quantitative estimate of drug-likeness (QED) is 0.791. The van der Waals surface area contributed by atoms with Crippen LogP contribution in [-0.4, -0.2) is 26.3 Å². The lowest BCUT2D eigenvalue weighted by molar-refractivity contribution is 0.122. The summed E-state index contributed by atoms with van der Waals surface area (Å²) in [6.45, 7) is 2.71. The number of halogens is 1. The molecule has 0 atom stereocenters. The predicted molar refractivity (Wildman–Crippen MR) is 70.6 cm³/mol. The van der Waals surface area contributed by atoms with E-state index >= 15 is 0 Å². The van der Waals surface area contributed by atoms with Crippen molar-refractivity contribution >= 4 is 24.0 Å². The number of anilines is 1. The largest absolute Gasteiger partial charge is 0.398 e. The Balaban J connectivity index is 2.24. The molecule has 1 heterocycles. The zero-order valence-electron chi connectivity index (χ0n) is 9.40. The summed E-state index contributed by atoms with van der Waals surface area (Å²) in [6.07, 6.45) is 0. The predicted octanol–water partition coefficient (Wildman–Crippen LogP) is 1.85. The summed E-state index contributed by atoms with van der Waals surface area (Å²) in [4.78, 5) is 1.98. The second-order valence-corrected chi connectivity index (χ2v) is 4.11. The summed E-state index contributed by atoms with van der Waals surface area (Å²) < 4.78 is 19.2. The van der Waals surface area contributed by atoms with Crippen LogP contribution in [0.5, 0.6) is 0 Å². The van der Waals surface area contributed by atoms with E-state index in [-0.39, 0.29) is 5.82 Å². The van der Waals surface area contributed by atoms with Gasteiger partial charge in [-0.05, 0) is 17.5 Å². The van der Waals surface area contributed by atoms with Crippen LogP contribution >= 0.6 is 12.6 Å². The molecular weight excluding hydrogens is 239 g/mol. The van der Waals surface area contributed by atoms with E-state index in [0.29, 0.717) is 43.3 Å². The minimum absolute atomic E-state index is 0.262. The molecule has 0 aromatic heterocycles. The van der Waals surface area contributed by atoms with Crippen molar-refractivity contribution in [3.8, 4) is 0 Å². The minimum atomic E-state index is -0.262. The monoisotopic (exact) mass is 254 g/mol. The number of ether oxygens (including phenoxy) is 1. The molecular formula is C12H15FN2OS. The van der Waals surface area contributed by atoms with E-state index in [2.05, 4.69) is 12.6 Å². The Hall–Kier alpha value is -1.20. The number of hydrogen-bond donors (Lipinski definition) is 2. The maximum atomic E-state index is 13.9. The number of thiol groups is 1. The van der Waals surface area contributed by atoms with E-state index in [4.69, 9.17) is 10.5 Å². The standard InChI is InChI=1S/C12H15FN2OS/c13-10-7-9(11(14)8-17)1-2-12(10)15-3-5-16-6-4-15/h1-2,7-8,17H,3-6,14H2/b11-8-. The SMILES string of the molecule is N/C(=C\S)c1ccc(N2CCOCC2)c(F)c1. The molecule has 0 saturated carbocycles. The fourth-order valence-corrected chi connectivity index (χ4v) is 1.97. The highest BCUT2D eigenvalue weighted by Gasteiger charge is 2.15. The van der Waals surface area contributed by atoms with E-state index in [1.165, 1.54) is 11.5 Å². The molecule has 17 heavy (non-hydrogen) atoms. The highest BCUT2D eigenvalue weighted by atomic mass is 32.1. The molecule has 1 aromatic rings. The first-order valence-electron chi connectivity index (χ1n) is 5.45. The lowest BCUT2D eigenvalue weighted by Gasteiger charge is -2.29. The topological polar surface area (TPSA) is 38.5 Å². The maximum absolute atomic E-state index is 13.9. The highest BCUT2D eigenvalue weighted by Crippen LogP contribution is 2.23. The van der Waals surface area contributed by atoms with Gasteiger partial charge in [-0.1, -0.05) is 6.07 Å². The molecule has 3 nitrogen and oxygen atoms in total. The first-order valence-corrected chi connectivity index (χ1v) is 5.96. The van der Waals surface area contributed by atoms with Crippen molar-refractivity contribution in [3.63, 3.8) is 0 Å². The first kappa shape index (κ1) is 12.3. The zero-order chi connectivity index (χ0) is 12.3. The maximum Gasteiger partial charge on any atom is 0.147 e. The molecule has 2 N–H and O–H groups in total. The van der Waals surface area contributed by atoms with Gasteiger partial charge in [0.1, 0.15) is 5.82 Å². The molecule has 92 valence electrons. The third-order valence-electron chi connectivity index (χ3n) is 2.77. The van der Waals surface area contributed by atoms with Crippen molar-refractivity contribution in [2.75, 3.05) is 31.2 Å². The van der Waals surface area contributed by atoms with Gasteiger partial charge in [0.25, 0.3) is 0 Å². The van der Waals surface area contributed by atoms with Gasteiger partial charge in [0.05, 0.1) is 18.9 Å². The van der Waals surface area contributed by atoms with Crippen LogP contribution in [0.25, 0.3) is 5.70 Å². The Kier molecular flexibility index (Phi) is 3.91. The van der Waals surface area contributed by atoms with Crippen molar-refractivity contribution in [3.05, 3.63) is 35.0 Å². The van der Waals surface area contributed by atoms with Crippen LogP contribution in [0.3, 0.4) is 0 Å². The van der Waals surface area contributed by atoms with Gasteiger partial charge in [-0.2, -0.15) is 0 Å². The Morgan fingerprint density at radius 3 is 2.71 bits per heavy atom. The second kappa shape index (κ2) is 5.42. The molecule has 0 unspecified atom stereocenters. The van der Waals surface area contributed by atoms with E-state index in [9.17, 15) is 4.39 Å². The number of hydrogen-bond acceptors (Lipinski definition) is 4. The van der Waals surface area contributed by atoms with Crippen LogP contribution in [0.4, 0.5) is 10.1 Å². The van der Waals surface area contributed by atoms with Crippen LogP contribution < -0.4 is 10.6 Å². The second-order valence-electron chi connectivity index (χ2n) is 3.85. The summed E-state index contributed by atoms with van der Waals surface area (Å²) in [5, 5.41) is 1.46. The third-order valence-corrected chi connectivity index (χ3v) is 3.05. The number of nitrogens with two attached hydrogens (primary N) is 1. The van der Waals surface area contributed by atoms with Crippen molar-refractivity contribution in [2.24, 2.45) is 5.73 Å². The van der Waals surface area contributed by atoms with Gasteiger partial charge < -0.3 is 15.4 Å². The van der Waals surface area contributed by atoms with Crippen LogP contribution in [-0.2, 0) is 4.74 Å². The van der Waals surface area contributed by atoms with E-state index in [1.54, 1.807) is 12.1 Å². The molecule has 1 aliphatic heterocycles. The van der Waals surface area contributed by atoms with Gasteiger partial charge in [0.15, 0.2) is 0 Å². The number of rotatable bonds is 2. The lowest BCUT2D eigenvalue weighted by Crippen LogP contribution is -2.36. The molecule has 2 rings (SSSR count). The van der Waals surface area contributed by atoms with Gasteiger partial charge in [-0.25, -0.2) is 4.39 Å². The van der Waals surface area contributed by atoms with Gasteiger partial charge in [0.2, 0.25) is 0 Å². The zero-order valence-corrected chi connectivity index (χ0v) is 10.3. The molecule has 1 saturated heterocycles. The smallest absolute Gasteiger partial charge is 0.147 e. The highest BCUT2D eigenvalue weighted by molar-refractivity contribution is 7.83. The fourth-order valence-electron chi connectivity index (χ4n) is 1.82. The molecule has 0 bridgehead atoms. The molecule has 1 aromatic carbocycles. The van der Waals surface area contributed by atoms with E-state index in [0.717, 1.165) is 0 Å². The van der Waals surface area contributed by atoms with E-state index in [1.807, 2.05) is 4.90 Å². The summed E-state index contributed by atoms with van der Waals surface area (Å²) in [7, 11) is 0. The third kappa shape index (κ3) is 2.73. The fraction of sp³-hybridized carbons (Fsp3) is 0.333. The van der Waals surface area contributed by atoms with Crippen LogP contribution in [0, 0.1) is 5.82 Å². The molecule has 0 aliphatic carbocycles. The Labute approximate surface area is 105 Å². The molecule has 1 fully saturated rings. The lowest BCUT2D eigenvalue weighted by atomic mass is 10.1. The first-order chi connectivity index (χ1) is 8.22. The minimum Gasteiger partial charge on any atom is -0.398 e. The molecule has 0 radical (unpaired) electrons. The van der Waals surface area contributed by atoms with Gasteiger partial charge in [0, 0.05) is 24.4 Å². The van der Waals surface area contributed by atoms with Crippen molar-refractivity contribution in [1.82, 2.24) is 0 Å². The summed E-state index contributed by atoms with van der Waals surface area (Å²) in [5.74, 6) is -0.262. The van der Waals surface area contributed by atoms with Crippen molar-refractivity contribution in [2.45, 2.75) is 0 Å². The van der Waals surface area contributed by atoms with Crippen LogP contribution in [0.1, 0.15) is 5.56 Å². The number of benzene rings is 1. The summed E-state index contributed by atoms with van der Waals surface area (Å²) >= 11 is 3.95. The van der Waals surface area contributed by atoms with Gasteiger partial charge in [-0.3, -0.25) is 0 Å². The van der Waals surface area contributed by atoms with Crippen LogP contribution in [0.15, 0.2) is 23.6 Å². The Morgan fingerprint density at radius 1 is 1.41 bits per heavy atom. The van der Waals surface area contributed by atoms with E-state index < -0.39 is 0 Å². The number of morpholine rings is 1. The summed E-state index contributed by atoms with van der Waals surface area (Å²) in [6, 6.07) is 4.99. The molecule has 0 spiro atoms. The molecule has 5 heteroatoms. The molecule has 0 amide bonds. The Morgan fingerprint density at radius 2 is 2.12 bits per heavy atom. The summed E-state index contributed by atoms with van der Waals surface area (Å²) in [5.41, 5.74) is 7.38. The van der Waals surface area contributed by atoms with Crippen LogP contribution in [0.2, 0.25) is 0 Å². The normalized spacial score (nSPS) is 17.3. The average molecular weight is 254 g/mol. The van der Waals surface area contributed by atoms with Crippen molar-refractivity contribution < 1.29 is 9.13 Å². The Bertz CT molecular complexity index is 431.